The van der Waals surface area contributed by atoms with Crippen molar-refractivity contribution in [2.75, 3.05) is 6.61 Å². The molecule has 178 valence electrons. The Labute approximate surface area is 208 Å². The Balaban J connectivity index is 1.47. The van der Waals surface area contributed by atoms with Crippen molar-refractivity contribution in [3.05, 3.63) is 70.9 Å². The zero-order valence-electron chi connectivity index (χ0n) is 20.2. The molecule has 5 rings (SSSR count). The first-order valence-electron chi connectivity index (χ1n) is 11.6. The quantitative estimate of drug-likeness (QED) is 0.460. The van der Waals surface area contributed by atoms with E-state index in [2.05, 4.69) is 27.7 Å². The SMILES string of the molecule is Cc1ccc(OCCn2c(C)c(/C=C3/C(=N)N4N=C(C(C)C)SC4=NC3=O)c3ccccc32)cc1. The Kier molecular flexibility index (Phi) is 6.06. The van der Waals surface area contributed by atoms with Gasteiger partial charge in [0.25, 0.3) is 5.91 Å². The van der Waals surface area contributed by atoms with Gasteiger partial charge in [-0.25, -0.2) is 0 Å². The normalized spacial score (nSPS) is 16.8. The van der Waals surface area contributed by atoms with Crippen LogP contribution in [0.4, 0.5) is 0 Å². The zero-order valence-corrected chi connectivity index (χ0v) is 21.0. The highest BCUT2D eigenvalue weighted by Gasteiger charge is 2.36. The van der Waals surface area contributed by atoms with E-state index in [4.69, 9.17) is 10.1 Å². The number of fused-ring (bicyclic) bond motifs is 2. The van der Waals surface area contributed by atoms with E-state index >= 15 is 0 Å². The van der Waals surface area contributed by atoms with E-state index in [1.54, 1.807) is 6.08 Å². The summed E-state index contributed by atoms with van der Waals surface area (Å²) in [5.74, 6) is 0.688. The number of aliphatic imine (C=N–C) groups is 1. The number of hydrogen-bond donors (Lipinski definition) is 1. The van der Waals surface area contributed by atoms with E-state index in [1.807, 2.05) is 63.2 Å². The van der Waals surface area contributed by atoms with Crippen LogP contribution in [-0.2, 0) is 11.3 Å². The van der Waals surface area contributed by atoms with Crippen molar-refractivity contribution >= 4 is 50.7 Å². The second kappa shape index (κ2) is 9.19. The Morgan fingerprint density at radius 3 is 2.60 bits per heavy atom. The molecule has 0 unspecified atom stereocenters. The van der Waals surface area contributed by atoms with Crippen LogP contribution in [-0.4, -0.2) is 38.1 Å². The third-order valence-electron chi connectivity index (χ3n) is 6.14. The van der Waals surface area contributed by atoms with Crippen LogP contribution in [0.3, 0.4) is 0 Å². The number of aromatic nitrogens is 1. The Hall–Kier alpha value is -3.65. The number of amides is 1. The number of hydrogen-bond acceptors (Lipinski definition) is 5. The van der Waals surface area contributed by atoms with Gasteiger partial charge in [-0.2, -0.15) is 15.1 Å². The van der Waals surface area contributed by atoms with Gasteiger partial charge in [0.05, 0.1) is 12.1 Å². The smallest absolute Gasteiger partial charge is 0.283 e. The fourth-order valence-corrected chi connectivity index (χ4v) is 5.09. The fourth-order valence-electron chi connectivity index (χ4n) is 4.20. The molecule has 1 amide bonds. The molecule has 2 aromatic carbocycles. The molecule has 8 heteroatoms. The van der Waals surface area contributed by atoms with Crippen LogP contribution < -0.4 is 4.74 Å². The summed E-state index contributed by atoms with van der Waals surface area (Å²) in [4.78, 5) is 17.1. The molecule has 0 fully saturated rings. The van der Waals surface area contributed by atoms with Gasteiger partial charge in [0.15, 0.2) is 5.84 Å². The van der Waals surface area contributed by atoms with Crippen LogP contribution in [0.25, 0.3) is 17.0 Å². The van der Waals surface area contributed by atoms with Gasteiger partial charge in [-0.1, -0.05) is 49.7 Å². The number of nitrogens with one attached hydrogen (secondary N) is 1. The number of rotatable bonds is 6. The van der Waals surface area contributed by atoms with Crippen LogP contribution in [0.5, 0.6) is 5.75 Å². The number of nitrogens with zero attached hydrogens (tertiary/aromatic N) is 4. The molecule has 0 aliphatic carbocycles. The summed E-state index contributed by atoms with van der Waals surface area (Å²) in [5.41, 5.74) is 4.40. The Bertz CT molecular complexity index is 1430. The number of carbonyl (C=O) groups is 1. The molecule has 0 saturated carbocycles. The number of para-hydroxylation sites is 1. The van der Waals surface area contributed by atoms with Crippen molar-refractivity contribution in [1.82, 2.24) is 9.58 Å². The lowest BCUT2D eigenvalue weighted by atomic mass is 10.1. The van der Waals surface area contributed by atoms with E-state index in [0.29, 0.717) is 18.3 Å². The highest BCUT2D eigenvalue weighted by atomic mass is 32.2. The molecule has 2 aliphatic rings. The van der Waals surface area contributed by atoms with E-state index in [-0.39, 0.29) is 17.3 Å². The molecule has 1 N–H and O–H groups in total. The summed E-state index contributed by atoms with van der Waals surface area (Å²) in [5, 5.41) is 17.0. The van der Waals surface area contributed by atoms with Crippen LogP contribution in [0, 0.1) is 25.2 Å². The number of ether oxygens (including phenoxy) is 1. The van der Waals surface area contributed by atoms with Crippen molar-refractivity contribution < 1.29 is 9.53 Å². The zero-order chi connectivity index (χ0) is 24.7. The number of thioether (sulfide) groups is 1. The van der Waals surface area contributed by atoms with E-state index < -0.39 is 5.91 Å². The van der Waals surface area contributed by atoms with Crippen molar-refractivity contribution in [1.29, 1.82) is 5.41 Å². The first-order chi connectivity index (χ1) is 16.8. The van der Waals surface area contributed by atoms with Gasteiger partial charge in [0.1, 0.15) is 17.4 Å². The van der Waals surface area contributed by atoms with Crippen molar-refractivity contribution in [3.63, 3.8) is 0 Å². The molecule has 0 bridgehead atoms. The van der Waals surface area contributed by atoms with Crippen molar-refractivity contribution in [2.24, 2.45) is 16.0 Å². The molecular weight excluding hydrogens is 458 g/mol. The predicted molar refractivity (Wildman–Crippen MR) is 143 cm³/mol. The second-order valence-electron chi connectivity index (χ2n) is 8.94. The molecule has 7 nitrogen and oxygen atoms in total. The van der Waals surface area contributed by atoms with Crippen molar-refractivity contribution in [3.8, 4) is 5.75 Å². The first-order valence-corrected chi connectivity index (χ1v) is 12.4. The molecule has 3 aromatic rings. The third-order valence-corrected chi connectivity index (χ3v) is 7.35. The fraction of sp³-hybridized carbons (Fsp3) is 0.259. The summed E-state index contributed by atoms with van der Waals surface area (Å²) in [6.07, 6.45) is 1.79. The summed E-state index contributed by atoms with van der Waals surface area (Å²) < 4.78 is 8.17. The summed E-state index contributed by atoms with van der Waals surface area (Å²) in [7, 11) is 0. The topological polar surface area (TPSA) is 83.0 Å². The van der Waals surface area contributed by atoms with Gasteiger partial charge in [-0.05, 0) is 49.9 Å². The molecule has 2 aliphatic heterocycles. The van der Waals surface area contributed by atoms with Crippen LogP contribution >= 0.6 is 11.8 Å². The van der Waals surface area contributed by atoms with E-state index in [9.17, 15) is 4.79 Å². The monoisotopic (exact) mass is 485 g/mol. The maximum absolute atomic E-state index is 12.9. The average Bonchev–Trinajstić information content (AvgIpc) is 3.38. The predicted octanol–water partition coefficient (Wildman–Crippen LogP) is 5.61. The Morgan fingerprint density at radius 2 is 1.86 bits per heavy atom. The Morgan fingerprint density at radius 1 is 1.11 bits per heavy atom. The van der Waals surface area contributed by atoms with Gasteiger partial charge >= 0.3 is 0 Å². The lowest BCUT2D eigenvalue weighted by molar-refractivity contribution is -0.114. The maximum Gasteiger partial charge on any atom is 0.283 e. The number of aryl methyl sites for hydroxylation is 1. The summed E-state index contributed by atoms with van der Waals surface area (Å²) in [6, 6.07) is 16.1. The number of benzene rings is 2. The second-order valence-corrected chi connectivity index (χ2v) is 9.93. The van der Waals surface area contributed by atoms with Gasteiger partial charge in [-0.15, -0.1) is 0 Å². The van der Waals surface area contributed by atoms with Gasteiger partial charge in [0, 0.05) is 28.1 Å². The summed E-state index contributed by atoms with van der Waals surface area (Å²) in [6.45, 7) is 9.32. The van der Waals surface area contributed by atoms with Gasteiger partial charge in [0.2, 0.25) is 5.17 Å². The van der Waals surface area contributed by atoms with Crippen LogP contribution in [0.2, 0.25) is 0 Å². The molecule has 1 aromatic heterocycles. The molecule has 0 atom stereocenters. The third kappa shape index (κ3) is 4.30. The largest absolute Gasteiger partial charge is 0.492 e. The standard InChI is InChI=1S/C27H27N5O2S/c1-16(2)26-30-32-24(28)22(25(33)29-27(32)35-26)15-21-18(4)31(23-8-6-5-7-20(21)23)13-14-34-19-11-9-17(3)10-12-19/h5-12,15-16,28H,13-14H2,1-4H3/b22-15-,28-24?. The van der Waals surface area contributed by atoms with Gasteiger partial charge in [-0.3, -0.25) is 10.2 Å². The van der Waals surface area contributed by atoms with Gasteiger partial charge < -0.3 is 9.30 Å². The minimum absolute atomic E-state index is 0.0575. The number of carbonyl (C=O) groups excluding carboxylic acids is 1. The molecule has 35 heavy (non-hydrogen) atoms. The molecule has 0 spiro atoms. The minimum Gasteiger partial charge on any atom is -0.492 e. The molecule has 3 heterocycles. The maximum atomic E-state index is 12.9. The lowest BCUT2D eigenvalue weighted by Crippen LogP contribution is -2.35. The molecule has 0 radical (unpaired) electrons. The van der Waals surface area contributed by atoms with E-state index in [0.717, 1.165) is 33.0 Å². The highest BCUT2D eigenvalue weighted by molar-refractivity contribution is 8.27. The first kappa shape index (κ1) is 23.1. The molecular formula is C27H27N5O2S. The number of hydrazone groups is 1. The molecule has 0 saturated heterocycles. The highest BCUT2D eigenvalue weighted by Crippen LogP contribution is 2.33. The minimum atomic E-state index is -0.409. The van der Waals surface area contributed by atoms with Crippen LogP contribution in [0.15, 0.2) is 64.2 Å². The van der Waals surface area contributed by atoms with Crippen molar-refractivity contribution in [2.45, 2.75) is 34.2 Å². The van der Waals surface area contributed by atoms with Crippen LogP contribution in [0.1, 0.15) is 30.7 Å². The summed E-state index contributed by atoms with van der Waals surface area (Å²) >= 11 is 1.36. The average molecular weight is 486 g/mol. The lowest BCUT2D eigenvalue weighted by Gasteiger charge is -2.20. The van der Waals surface area contributed by atoms with E-state index in [1.165, 1.54) is 22.3 Å². The number of amidine groups is 2.